The normalized spacial score (nSPS) is 12.2. The van der Waals surface area contributed by atoms with Crippen LogP contribution in [0, 0.1) is 55.9 Å². The van der Waals surface area contributed by atoms with Gasteiger partial charge in [0, 0.05) is 36.2 Å². The number of halogens is 1. The number of anilines is 2. The molecule has 0 amide bonds. The average Bonchev–Trinajstić information content (AvgIpc) is 3.55. The van der Waals surface area contributed by atoms with Crippen molar-refractivity contribution < 1.29 is 20.8 Å². The molecule has 1 aliphatic rings. The quantitative estimate of drug-likeness (QED) is 0.0619. The number of phenolic OH excluding ortho intramolecular Hbond substituents is 1. The van der Waals surface area contributed by atoms with Crippen LogP contribution in [0.5, 0.6) is 5.75 Å². The number of aryl methyl sites for hydroxylation is 7. The van der Waals surface area contributed by atoms with Gasteiger partial charge in [-0.15, -0.1) is 0 Å². The Bertz CT molecular complexity index is 2170. The number of rotatable bonds is 8. The Morgan fingerprint density at radius 2 is 1.07 bits per heavy atom. The molecule has 0 radical (unpaired) electrons. The van der Waals surface area contributed by atoms with Crippen LogP contribution in [-0.2, 0) is 15.7 Å². The summed E-state index contributed by atoms with van der Waals surface area (Å²) in [6.45, 7) is 16.8. The molecule has 3 N–H and O–H groups in total. The molecule has 0 spiro atoms. The van der Waals surface area contributed by atoms with Crippen molar-refractivity contribution in [1.29, 1.82) is 0 Å². The minimum atomic E-state index is -0.218. The number of fused-ring (bicyclic) bond motifs is 1. The van der Waals surface area contributed by atoms with E-state index in [0.29, 0.717) is 0 Å². The number of allylic oxidation sites excluding steroid dienone is 1. The van der Waals surface area contributed by atoms with Gasteiger partial charge in [0.25, 0.3) is 0 Å². The van der Waals surface area contributed by atoms with Crippen molar-refractivity contribution in [3.8, 4) is 5.75 Å². The third kappa shape index (κ3) is 11.7. The molecule has 0 saturated carbocycles. The minimum absolute atomic E-state index is 0. The Labute approximate surface area is 346 Å². The van der Waals surface area contributed by atoms with Crippen LogP contribution in [0.3, 0.4) is 0 Å². The van der Waals surface area contributed by atoms with E-state index in [4.69, 9.17) is 9.69 Å². The van der Waals surface area contributed by atoms with E-state index in [-0.39, 0.29) is 28.9 Å². The number of aromatic hydroxyl groups is 1. The van der Waals surface area contributed by atoms with Crippen LogP contribution < -0.4 is 10.6 Å². The van der Waals surface area contributed by atoms with Crippen LogP contribution in [0.4, 0.5) is 17.1 Å². The molecule has 291 valence electrons. The predicted octanol–water partition coefficient (Wildman–Crippen LogP) is 12.9. The van der Waals surface area contributed by atoms with Gasteiger partial charge in [-0.2, -0.15) is 0 Å². The Morgan fingerprint density at radius 1 is 0.589 bits per heavy atom. The fourth-order valence-electron chi connectivity index (χ4n) is 6.85. The first-order chi connectivity index (χ1) is 26.5. The molecular weight excluding hydrogens is 795 g/mol. The van der Waals surface area contributed by atoms with Crippen LogP contribution >= 0.6 is 9.69 Å². The van der Waals surface area contributed by atoms with Crippen molar-refractivity contribution in [2.24, 2.45) is 4.99 Å². The SMILES string of the molecule is Cc1cc(C)c(NCCNc2c(C)cc(C)cc2C)c(C)c1.Cc1ccccc1N=Cc1ccccc1O.[CH3-].[Cl][Ru]=[C]1C=C(c2ccccc2)c2ccccc21. The van der Waals surface area contributed by atoms with Crippen LogP contribution in [0.2, 0.25) is 0 Å². The number of aliphatic imine (C=N–C) groups is 1. The number of hydrogen-bond acceptors (Lipinski definition) is 4. The fourth-order valence-corrected chi connectivity index (χ4v) is 8.40. The van der Waals surface area contributed by atoms with Gasteiger partial charge in [-0.25, -0.2) is 0 Å². The number of para-hydroxylation sites is 2. The van der Waals surface area contributed by atoms with E-state index in [2.05, 4.69) is 136 Å². The van der Waals surface area contributed by atoms with Crippen molar-refractivity contribution >= 4 is 42.6 Å². The first-order valence-corrected chi connectivity index (χ1v) is 21.6. The maximum absolute atomic E-state index is 9.57. The molecule has 6 aromatic carbocycles. The molecule has 0 aromatic heterocycles. The van der Waals surface area contributed by atoms with Gasteiger partial charge in [0.15, 0.2) is 0 Å². The van der Waals surface area contributed by atoms with Crippen molar-refractivity contribution in [2.45, 2.75) is 48.5 Å². The topological polar surface area (TPSA) is 56.7 Å². The zero-order valence-corrected chi connectivity index (χ0v) is 36.3. The van der Waals surface area contributed by atoms with Gasteiger partial charge < -0.3 is 23.2 Å². The molecule has 6 heteroatoms. The number of benzene rings is 6. The summed E-state index contributed by atoms with van der Waals surface area (Å²) in [6.07, 6.45) is 3.92. The molecule has 0 saturated heterocycles. The van der Waals surface area contributed by atoms with Crippen LogP contribution in [0.1, 0.15) is 61.2 Å². The molecule has 0 heterocycles. The van der Waals surface area contributed by atoms with E-state index in [9.17, 15) is 5.11 Å². The molecule has 0 aliphatic heterocycles. The first kappa shape index (κ1) is 43.6. The standard InChI is InChI=1S/C20H28N2.C15H10.C14H13NO.CH3.ClH.Ru/c1-13-9-15(3)19(16(4)10-13)21-7-8-22-20-17(5)11-14(2)12-18(20)6;1-2-6-12(7-3-1)15-11-10-13-8-4-5-9-14(13)15;1-11-6-2-4-8-13(11)15-10-12-7-3-5-9-14(12)16;;;/h9-12,21-22H,7-8H2,1-6H3;1-9,11H;2-10,16H,1H3;1H3;1H;/q;;;-1;;+1/p-1. The van der Waals surface area contributed by atoms with Crippen molar-refractivity contribution in [3.05, 3.63) is 202 Å². The predicted molar refractivity (Wildman–Crippen MR) is 241 cm³/mol. The van der Waals surface area contributed by atoms with Gasteiger partial charge in [0.2, 0.25) is 0 Å². The molecule has 0 atom stereocenters. The Hall–Kier alpha value is -5.09. The van der Waals surface area contributed by atoms with E-state index in [1.54, 1.807) is 18.3 Å². The first-order valence-electron chi connectivity index (χ1n) is 18.5. The van der Waals surface area contributed by atoms with Crippen molar-refractivity contribution in [2.75, 3.05) is 23.7 Å². The Balaban J connectivity index is 0.000000187. The number of hydrogen-bond donors (Lipinski definition) is 3. The van der Waals surface area contributed by atoms with E-state index in [1.807, 2.05) is 49.4 Å². The second-order valence-corrected chi connectivity index (χ2v) is 15.9. The second kappa shape index (κ2) is 21.3. The molecule has 56 heavy (non-hydrogen) atoms. The summed E-state index contributed by atoms with van der Waals surface area (Å²) in [5, 5.41) is 16.7. The summed E-state index contributed by atoms with van der Waals surface area (Å²) in [4.78, 5) is 4.35. The van der Waals surface area contributed by atoms with Gasteiger partial charge in [-0.1, -0.05) is 65.7 Å². The number of nitrogens with one attached hydrogen (secondary N) is 2. The van der Waals surface area contributed by atoms with E-state index >= 15 is 0 Å². The number of phenols is 1. The molecule has 6 aromatic rings. The summed E-state index contributed by atoms with van der Waals surface area (Å²) in [7, 11) is 6.10. The molecule has 7 rings (SSSR count). The van der Waals surface area contributed by atoms with Gasteiger partial charge in [0.1, 0.15) is 5.75 Å². The monoisotopic (exact) mass is 849 g/mol. The third-order valence-electron chi connectivity index (χ3n) is 9.37. The molecule has 0 bridgehead atoms. The molecule has 4 nitrogen and oxygen atoms in total. The molecular formula is C50H54ClN3ORu-. The van der Waals surface area contributed by atoms with Gasteiger partial charge in [0.05, 0.1) is 5.69 Å². The maximum atomic E-state index is 9.57. The van der Waals surface area contributed by atoms with Gasteiger partial charge in [-0.05, 0) is 94.5 Å². The fraction of sp³-hybridized carbons (Fsp3) is 0.180. The summed E-state index contributed by atoms with van der Waals surface area (Å²) >= 11 is -0.218. The molecule has 0 unspecified atom stereocenters. The Morgan fingerprint density at radius 3 is 1.61 bits per heavy atom. The summed E-state index contributed by atoms with van der Waals surface area (Å²) in [5.74, 6) is 0.250. The van der Waals surface area contributed by atoms with Crippen molar-refractivity contribution in [3.63, 3.8) is 0 Å². The summed E-state index contributed by atoms with van der Waals surface area (Å²) < 4.78 is 1.30. The Kier molecular flexibility index (Phi) is 16.6. The van der Waals surface area contributed by atoms with Crippen LogP contribution in [0.25, 0.3) is 5.57 Å². The summed E-state index contributed by atoms with van der Waals surface area (Å²) in [6, 6.07) is 43.0. The third-order valence-corrected chi connectivity index (χ3v) is 11.3. The zero-order valence-electron chi connectivity index (χ0n) is 33.8. The van der Waals surface area contributed by atoms with Gasteiger partial charge >= 0.3 is 112 Å². The summed E-state index contributed by atoms with van der Waals surface area (Å²) in [5.41, 5.74) is 18.4. The van der Waals surface area contributed by atoms with Crippen molar-refractivity contribution in [1.82, 2.24) is 0 Å². The van der Waals surface area contributed by atoms with E-state index in [0.717, 1.165) is 29.9 Å². The zero-order chi connectivity index (χ0) is 39.3. The van der Waals surface area contributed by atoms with E-state index in [1.165, 1.54) is 71.1 Å². The van der Waals surface area contributed by atoms with Crippen LogP contribution in [0.15, 0.2) is 138 Å². The van der Waals surface area contributed by atoms with E-state index < -0.39 is 0 Å². The van der Waals surface area contributed by atoms with Gasteiger partial charge in [-0.3, -0.25) is 4.99 Å². The average molecular weight is 850 g/mol. The van der Waals surface area contributed by atoms with Crippen LogP contribution in [-0.4, -0.2) is 28.5 Å². The second-order valence-electron chi connectivity index (χ2n) is 13.9. The number of nitrogens with zero attached hydrogens (tertiary/aromatic N) is 1. The molecule has 0 fully saturated rings. The molecule has 1 aliphatic carbocycles.